The fourth-order valence-corrected chi connectivity index (χ4v) is 3.59. The summed E-state index contributed by atoms with van der Waals surface area (Å²) in [6.07, 6.45) is -0.147. The van der Waals surface area contributed by atoms with Gasteiger partial charge in [0.25, 0.3) is 0 Å². The maximum atomic E-state index is 10.5. The highest BCUT2D eigenvalue weighted by atomic mass is 16.8. The van der Waals surface area contributed by atoms with Crippen LogP contribution in [0.25, 0.3) is 0 Å². The van der Waals surface area contributed by atoms with Crippen LogP contribution in [0.2, 0.25) is 0 Å². The molecular formula is C14H25NO6. The van der Waals surface area contributed by atoms with E-state index in [0.717, 1.165) is 6.42 Å². The normalized spacial score (nSPS) is 54.3. The highest BCUT2D eigenvalue weighted by molar-refractivity contribution is 5.02. The van der Waals surface area contributed by atoms with E-state index < -0.39 is 23.8 Å². The number of methoxy groups -OCH3 is 2. The van der Waals surface area contributed by atoms with Gasteiger partial charge in [-0.2, -0.15) is 5.06 Å². The van der Waals surface area contributed by atoms with Gasteiger partial charge in [0.1, 0.15) is 12.2 Å². The van der Waals surface area contributed by atoms with Gasteiger partial charge in [-0.1, -0.05) is 0 Å². The Balaban J connectivity index is 1.95. The van der Waals surface area contributed by atoms with E-state index in [1.807, 2.05) is 12.1 Å². The van der Waals surface area contributed by atoms with Crippen LogP contribution in [0.1, 0.15) is 26.7 Å². The Labute approximate surface area is 125 Å². The van der Waals surface area contributed by atoms with Gasteiger partial charge in [-0.3, -0.25) is 4.84 Å². The molecule has 2 aliphatic heterocycles. The van der Waals surface area contributed by atoms with Crippen molar-refractivity contribution in [1.29, 1.82) is 0 Å². The van der Waals surface area contributed by atoms with Crippen molar-refractivity contribution in [2.45, 2.75) is 68.7 Å². The molecule has 21 heavy (non-hydrogen) atoms. The van der Waals surface area contributed by atoms with Crippen LogP contribution in [0.5, 0.6) is 0 Å². The highest BCUT2D eigenvalue weighted by Gasteiger charge is 2.61. The third-order valence-corrected chi connectivity index (χ3v) is 5.20. The lowest BCUT2D eigenvalue weighted by Crippen LogP contribution is -2.69. The quantitative estimate of drug-likeness (QED) is 0.785. The zero-order valence-corrected chi connectivity index (χ0v) is 13.2. The Hall–Kier alpha value is -0.280. The molecule has 2 saturated heterocycles. The van der Waals surface area contributed by atoms with E-state index in [9.17, 15) is 5.11 Å². The molecule has 0 aromatic heterocycles. The van der Waals surface area contributed by atoms with Crippen molar-refractivity contribution in [3.63, 3.8) is 0 Å². The molecular weight excluding hydrogens is 278 g/mol. The SMILES string of the molecule is CO[C@@]1(C)OC2C(O[C@]1(C)OC)[C@H]1C[C@@H](C[C@H]2O)ON1C. The molecule has 3 rings (SSSR count). The highest BCUT2D eigenvalue weighted by Crippen LogP contribution is 2.45. The number of aliphatic hydroxyl groups is 1. The second kappa shape index (κ2) is 5.13. The predicted molar refractivity (Wildman–Crippen MR) is 72.2 cm³/mol. The number of aliphatic hydroxyl groups excluding tert-OH is 1. The number of hydrogen-bond donors (Lipinski definition) is 1. The molecule has 2 bridgehead atoms. The molecule has 7 nitrogen and oxygen atoms in total. The average molecular weight is 303 g/mol. The lowest BCUT2D eigenvalue weighted by molar-refractivity contribution is -0.460. The van der Waals surface area contributed by atoms with Crippen molar-refractivity contribution in [2.24, 2.45) is 0 Å². The second-order valence-electron chi connectivity index (χ2n) is 6.34. The van der Waals surface area contributed by atoms with Gasteiger partial charge in [-0.05, 0) is 20.3 Å². The number of fused-ring (bicyclic) bond motifs is 4. The van der Waals surface area contributed by atoms with Crippen molar-refractivity contribution in [3.05, 3.63) is 0 Å². The van der Waals surface area contributed by atoms with Crippen molar-refractivity contribution >= 4 is 0 Å². The van der Waals surface area contributed by atoms with Crippen molar-refractivity contribution in [1.82, 2.24) is 5.06 Å². The van der Waals surface area contributed by atoms with E-state index in [4.69, 9.17) is 23.8 Å². The van der Waals surface area contributed by atoms with Crippen LogP contribution in [0.15, 0.2) is 0 Å². The van der Waals surface area contributed by atoms with Crippen LogP contribution in [0, 0.1) is 0 Å². The molecule has 2 heterocycles. The van der Waals surface area contributed by atoms with E-state index in [1.54, 1.807) is 28.1 Å². The first-order valence-electron chi connectivity index (χ1n) is 7.37. The maximum Gasteiger partial charge on any atom is 0.220 e. The molecule has 0 aromatic rings. The first-order valence-corrected chi connectivity index (χ1v) is 7.37. The van der Waals surface area contributed by atoms with Crippen LogP contribution < -0.4 is 0 Å². The van der Waals surface area contributed by atoms with Gasteiger partial charge in [0.05, 0.1) is 18.2 Å². The third kappa shape index (κ3) is 2.23. The molecule has 7 atom stereocenters. The monoisotopic (exact) mass is 303 g/mol. The van der Waals surface area contributed by atoms with Gasteiger partial charge >= 0.3 is 0 Å². The lowest BCUT2D eigenvalue weighted by Gasteiger charge is -2.54. The van der Waals surface area contributed by atoms with E-state index in [-0.39, 0.29) is 18.2 Å². The number of nitrogens with zero attached hydrogens (tertiary/aromatic N) is 1. The minimum absolute atomic E-state index is 0.00426. The molecule has 0 radical (unpaired) electrons. The van der Waals surface area contributed by atoms with E-state index in [2.05, 4.69) is 0 Å². The molecule has 0 amide bonds. The summed E-state index contributed by atoms with van der Waals surface area (Å²) in [5.74, 6) is -2.15. The summed E-state index contributed by atoms with van der Waals surface area (Å²) in [7, 11) is 4.99. The van der Waals surface area contributed by atoms with Crippen LogP contribution in [-0.2, 0) is 23.8 Å². The molecule has 1 aliphatic carbocycles. The predicted octanol–water partition coefficient (Wildman–Crippen LogP) is 0.265. The summed E-state index contributed by atoms with van der Waals surface area (Å²) in [6, 6.07) is 0.0213. The molecule has 7 heteroatoms. The first kappa shape index (κ1) is 15.6. The zero-order chi connectivity index (χ0) is 15.4. The fourth-order valence-electron chi connectivity index (χ4n) is 3.59. The van der Waals surface area contributed by atoms with Gasteiger partial charge in [-0.25, -0.2) is 0 Å². The largest absolute Gasteiger partial charge is 0.390 e. The Kier molecular flexibility index (Phi) is 3.81. The zero-order valence-electron chi connectivity index (χ0n) is 13.2. The number of rotatable bonds is 2. The summed E-state index contributed by atoms with van der Waals surface area (Å²) >= 11 is 0. The third-order valence-electron chi connectivity index (χ3n) is 5.20. The minimum Gasteiger partial charge on any atom is -0.390 e. The second-order valence-corrected chi connectivity index (χ2v) is 6.34. The fraction of sp³-hybridized carbons (Fsp3) is 1.00. The summed E-state index contributed by atoms with van der Waals surface area (Å²) in [6.45, 7) is 3.56. The number of ether oxygens (including phenoxy) is 4. The first-order chi connectivity index (χ1) is 9.83. The van der Waals surface area contributed by atoms with Crippen molar-refractivity contribution in [3.8, 4) is 0 Å². The summed E-state index contributed by atoms with van der Waals surface area (Å²) in [5, 5.41) is 12.3. The molecule has 1 N–H and O–H groups in total. The van der Waals surface area contributed by atoms with Crippen molar-refractivity contribution < 1.29 is 28.9 Å². The van der Waals surface area contributed by atoms with Crippen LogP contribution >= 0.6 is 0 Å². The van der Waals surface area contributed by atoms with Crippen LogP contribution in [0.4, 0.5) is 0 Å². The van der Waals surface area contributed by atoms with Gasteiger partial charge in [0, 0.05) is 27.7 Å². The Morgan fingerprint density at radius 3 is 2.19 bits per heavy atom. The molecule has 122 valence electrons. The molecule has 1 saturated carbocycles. The number of likely N-dealkylation sites (N-methyl/N-ethyl adjacent to an activating group) is 1. The van der Waals surface area contributed by atoms with Gasteiger partial charge in [0.2, 0.25) is 11.6 Å². The molecule has 0 aromatic carbocycles. The summed E-state index contributed by atoms with van der Waals surface area (Å²) in [5.41, 5.74) is 0. The van der Waals surface area contributed by atoms with Gasteiger partial charge < -0.3 is 24.1 Å². The smallest absolute Gasteiger partial charge is 0.220 e. The van der Waals surface area contributed by atoms with Gasteiger partial charge in [0.15, 0.2) is 0 Å². The van der Waals surface area contributed by atoms with Crippen LogP contribution in [0.3, 0.4) is 0 Å². The average Bonchev–Trinajstić information content (AvgIpc) is 2.75. The Bertz CT molecular complexity index is 407. The minimum atomic E-state index is -1.09. The topological polar surface area (TPSA) is 69.6 Å². The molecule has 0 spiro atoms. The van der Waals surface area contributed by atoms with Crippen LogP contribution in [-0.4, -0.2) is 73.5 Å². The van der Waals surface area contributed by atoms with E-state index in [1.165, 1.54) is 0 Å². The molecule has 3 aliphatic rings. The number of hydrogen-bond acceptors (Lipinski definition) is 7. The Morgan fingerprint density at radius 2 is 1.62 bits per heavy atom. The number of hydroxylamine groups is 2. The molecule has 2 unspecified atom stereocenters. The maximum absolute atomic E-state index is 10.5. The Morgan fingerprint density at radius 1 is 1.05 bits per heavy atom. The lowest BCUT2D eigenvalue weighted by atomic mass is 9.96. The van der Waals surface area contributed by atoms with E-state index >= 15 is 0 Å². The van der Waals surface area contributed by atoms with E-state index in [0.29, 0.717) is 6.42 Å². The molecule has 3 fully saturated rings. The van der Waals surface area contributed by atoms with Crippen molar-refractivity contribution in [2.75, 3.05) is 21.3 Å². The summed E-state index contributed by atoms with van der Waals surface area (Å²) in [4.78, 5) is 5.73. The standard InChI is InChI=1S/C14H25NO6/c1-13(17-4)14(2,18-5)20-12-10(16)7-8-6-9(11(12)19-13)15(3)21-8/h8-12,16H,6-7H2,1-5H3/t8-,9+,10+,11?,12?,13-,14-/m0/s1. The summed E-state index contributed by atoms with van der Waals surface area (Å²) < 4.78 is 23.4. The van der Waals surface area contributed by atoms with Gasteiger partial charge in [-0.15, -0.1) is 0 Å².